The summed E-state index contributed by atoms with van der Waals surface area (Å²) in [5, 5.41) is 3.51. The minimum Gasteiger partial charge on any atom is -0.369 e. The Hall–Kier alpha value is -0.610. The molecule has 0 aromatic rings. The Balaban J connectivity index is 2.36. The quantitative estimate of drug-likeness (QED) is 0.716. The first kappa shape index (κ1) is 13.5. The highest BCUT2D eigenvalue weighted by molar-refractivity contribution is 5.76. The maximum atomic E-state index is 11.0. The van der Waals surface area contributed by atoms with Crippen molar-refractivity contribution in [3.05, 3.63) is 0 Å². The van der Waals surface area contributed by atoms with E-state index in [1.165, 1.54) is 6.42 Å². The molecule has 3 unspecified atom stereocenters. The van der Waals surface area contributed by atoms with Gasteiger partial charge in [0.05, 0.1) is 0 Å². The van der Waals surface area contributed by atoms with Gasteiger partial charge in [-0.1, -0.05) is 20.8 Å². The van der Waals surface area contributed by atoms with Gasteiger partial charge in [0.15, 0.2) is 0 Å². The van der Waals surface area contributed by atoms with Crippen molar-refractivity contribution in [2.75, 3.05) is 26.2 Å². The number of nitrogens with zero attached hydrogens (tertiary/aromatic N) is 1. The van der Waals surface area contributed by atoms with Crippen LogP contribution in [-0.2, 0) is 4.79 Å². The molecule has 0 saturated carbocycles. The van der Waals surface area contributed by atoms with Crippen LogP contribution >= 0.6 is 0 Å². The van der Waals surface area contributed by atoms with Crippen LogP contribution in [0.3, 0.4) is 0 Å². The fourth-order valence-electron chi connectivity index (χ4n) is 2.44. The normalized spacial score (nSPS) is 28.9. The number of amides is 1. The van der Waals surface area contributed by atoms with Crippen LogP contribution in [0.1, 0.15) is 27.2 Å². The molecule has 3 atom stereocenters. The predicted molar refractivity (Wildman–Crippen MR) is 66.0 cm³/mol. The van der Waals surface area contributed by atoms with Crippen molar-refractivity contribution in [2.24, 2.45) is 17.6 Å². The van der Waals surface area contributed by atoms with E-state index in [1.54, 1.807) is 0 Å². The molecule has 94 valence electrons. The minimum absolute atomic E-state index is 0.0390. The largest absolute Gasteiger partial charge is 0.369 e. The van der Waals surface area contributed by atoms with Crippen LogP contribution in [-0.4, -0.2) is 43.0 Å². The Morgan fingerprint density at radius 3 is 2.81 bits per heavy atom. The van der Waals surface area contributed by atoms with Crippen LogP contribution in [0.5, 0.6) is 0 Å². The number of hydrogen-bond acceptors (Lipinski definition) is 3. The molecular formula is C12H25N3O. The van der Waals surface area contributed by atoms with Gasteiger partial charge in [-0.05, 0) is 25.4 Å². The Labute approximate surface area is 98.6 Å². The molecule has 1 aliphatic rings. The molecule has 3 N–H and O–H groups in total. The fourth-order valence-corrected chi connectivity index (χ4v) is 2.44. The maximum absolute atomic E-state index is 11.0. The van der Waals surface area contributed by atoms with Gasteiger partial charge < -0.3 is 16.0 Å². The lowest BCUT2D eigenvalue weighted by atomic mass is 9.93. The molecule has 4 heteroatoms. The SMILES string of the molecule is CCNC1CCN(CC(C)C(N)=O)CC1C. The summed E-state index contributed by atoms with van der Waals surface area (Å²) in [6.45, 7) is 10.3. The van der Waals surface area contributed by atoms with E-state index in [0.717, 1.165) is 26.2 Å². The number of carbonyl (C=O) groups is 1. The molecule has 16 heavy (non-hydrogen) atoms. The van der Waals surface area contributed by atoms with Crippen molar-refractivity contribution < 1.29 is 4.79 Å². The first-order chi connectivity index (χ1) is 7.54. The highest BCUT2D eigenvalue weighted by Gasteiger charge is 2.26. The smallest absolute Gasteiger partial charge is 0.221 e. The molecule has 0 aromatic heterocycles. The zero-order valence-corrected chi connectivity index (χ0v) is 10.7. The molecule has 0 bridgehead atoms. The second-order valence-corrected chi connectivity index (χ2v) is 4.99. The third-order valence-corrected chi connectivity index (χ3v) is 3.47. The Morgan fingerprint density at radius 1 is 1.62 bits per heavy atom. The average Bonchev–Trinajstić information content (AvgIpc) is 2.22. The molecule has 0 spiro atoms. The van der Waals surface area contributed by atoms with Crippen molar-refractivity contribution in [3.63, 3.8) is 0 Å². The third-order valence-electron chi connectivity index (χ3n) is 3.47. The lowest BCUT2D eigenvalue weighted by Crippen LogP contribution is -2.49. The molecule has 1 fully saturated rings. The van der Waals surface area contributed by atoms with Crippen molar-refractivity contribution in [2.45, 2.75) is 33.2 Å². The molecule has 4 nitrogen and oxygen atoms in total. The Bertz CT molecular complexity index is 232. The Kier molecular flexibility index (Phi) is 5.22. The highest BCUT2D eigenvalue weighted by atomic mass is 16.1. The van der Waals surface area contributed by atoms with Gasteiger partial charge in [-0.3, -0.25) is 4.79 Å². The zero-order chi connectivity index (χ0) is 12.1. The summed E-state index contributed by atoms with van der Waals surface area (Å²) in [5.74, 6) is 0.415. The fraction of sp³-hybridized carbons (Fsp3) is 0.917. The van der Waals surface area contributed by atoms with Crippen LogP contribution in [0.25, 0.3) is 0 Å². The molecule has 1 aliphatic heterocycles. The maximum Gasteiger partial charge on any atom is 0.221 e. The van der Waals surface area contributed by atoms with E-state index in [1.807, 2.05) is 6.92 Å². The van der Waals surface area contributed by atoms with Gasteiger partial charge in [-0.2, -0.15) is 0 Å². The lowest BCUT2D eigenvalue weighted by Gasteiger charge is -2.38. The van der Waals surface area contributed by atoms with Crippen molar-refractivity contribution in [1.82, 2.24) is 10.2 Å². The molecular weight excluding hydrogens is 202 g/mol. The number of hydrogen-bond donors (Lipinski definition) is 2. The second-order valence-electron chi connectivity index (χ2n) is 4.99. The first-order valence-corrected chi connectivity index (χ1v) is 6.29. The number of nitrogens with one attached hydrogen (secondary N) is 1. The van der Waals surface area contributed by atoms with Gasteiger partial charge in [0.1, 0.15) is 0 Å². The average molecular weight is 227 g/mol. The summed E-state index contributed by atoms with van der Waals surface area (Å²) in [6, 6.07) is 0.630. The topological polar surface area (TPSA) is 58.4 Å². The van der Waals surface area contributed by atoms with E-state index in [4.69, 9.17) is 5.73 Å². The second kappa shape index (κ2) is 6.21. The van der Waals surface area contributed by atoms with Gasteiger partial charge in [-0.25, -0.2) is 0 Å². The number of primary amides is 1. The summed E-state index contributed by atoms with van der Waals surface area (Å²) in [7, 11) is 0. The van der Waals surface area contributed by atoms with Gasteiger partial charge in [0.25, 0.3) is 0 Å². The van der Waals surface area contributed by atoms with Crippen molar-refractivity contribution in [3.8, 4) is 0 Å². The Morgan fingerprint density at radius 2 is 2.31 bits per heavy atom. The molecule has 0 aliphatic carbocycles. The van der Waals surface area contributed by atoms with Gasteiger partial charge >= 0.3 is 0 Å². The summed E-state index contributed by atoms with van der Waals surface area (Å²) < 4.78 is 0. The standard InChI is InChI=1S/C12H25N3O/c1-4-14-11-5-6-15(7-9(11)2)8-10(3)12(13)16/h9-11,14H,4-8H2,1-3H3,(H2,13,16). The molecule has 0 aromatic carbocycles. The highest BCUT2D eigenvalue weighted by Crippen LogP contribution is 2.17. The summed E-state index contributed by atoms with van der Waals surface area (Å²) >= 11 is 0. The molecule has 1 heterocycles. The first-order valence-electron chi connectivity index (χ1n) is 6.29. The van der Waals surface area contributed by atoms with Crippen molar-refractivity contribution >= 4 is 5.91 Å². The minimum atomic E-state index is -0.193. The van der Waals surface area contributed by atoms with E-state index >= 15 is 0 Å². The van der Waals surface area contributed by atoms with E-state index < -0.39 is 0 Å². The molecule has 1 rings (SSSR count). The van der Waals surface area contributed by atoms with Gasteiger partial charge in [0, 0.05) is 25.0 Å². The predicted octanol–water partition coefficient (Wildman–Crippen LogP) is 0.428. The molecule has 0 radical (unpaired) electrons. The number of piperidine rings is 1. The lowest BCUT2D eigenvalue weighted by molar-refractivity contribution is -0.122. The number of rotatable bonds is 5. The van der Waals surface area contributed by atoms with Crippen LogP contribution in [0.15, 0.2) is 0 Å². The van der Waals surface area contributed by atoms with Crippen molar-refractivity contribution in [1.29, 1.82) is 0 Å². The van der Waals surface area contributed by atoms with Crippen LogP contribution in [0.4, 0.5) is 0 Å². The monoisotopic (exact) mass is 227 g/mol. The van der Waals surface area contributed by atoms with E-state index in [2.05, 4.69) is 24.1 Å². The van der Waals surface area contributed by atoms with Crippen LogP contribution in [0, 0.1) is 11.8 Å². The van der Waals surface area contributed by atoms with Gasteiger partial charge in [0.2, 0.25) is 5.91 Å². The van der Waals surface area contributed by atoms with E-state index in [0.29, 0.717) is 12.0 Å². The summed E-state index contributed by atoms with van der Waals surface area (Å²) in [6.07, 6.45) is 1.17. The molecule has 1 saturated heterocycles. The summed E-state index contributed by atoms with van der Waals surface area (Å²) in [5.41, 5.74) is 5.28. The number of likely N-dealkylation sites (tertiary alicyclic amines) is 1. The number of carbonyl (C=O) groups excluding carboxylic acids is 1. The van der Waals surface area contributed by atoms with E-state index in [-0.39, 0.29) is 11.8 Å². The summed E-state index contributed by atoms with van der Waals surface area (Å²) in [4.78, 5) is 13.4. The molecule has 1 amide bonds. The van der Waals surface area contributed by atoms with Crippen LogP contribution < -0.4 is 11.1 Å². The zero-order valence-electron chi connectivity index (χ0n) is 10.7. The number of nitrogens with two attached hydrogens (primary N) is 1. The van der Waals surface area contributed by atoms with E-state index in [9.17, 15) is 4.79 Å². The van der Waals surface area contributed by atoms with Gasteiger partial charge in [-0.15, -0.1) is 0 Å². The van der Waals surface area contributed by atoms with Crippen LogP contribution in [0.2, 0.25) is 0 Å². The third kappa shape index (κ3) is 3.76.